The lowest BCUT2D eigenvalue weighted by atomic mass is 10.0. The van der Waals surface area contributed by atoms with Gasteiger partial charge in [0.15, 0.2) is 9.84 Å². The van der Waals surface area contributed by atoms with Gasteiger partial charge in [0.1, 0.15) is 11.6 Å². The van der Waals surface area contributed by atoms with Crippen molar-refractivity contribution in [2.75, 3.05) is 19.3 Å². The number of hydrogen-bond donors (Lipinski definition) is 0. The Balaban J connectivity index is 0.00000149. The molecule has 0 amide bonds. The zero-order valence-electron chi connectivity index (χ0n) is 20.1. The zero-order valence-corrected chi connectivity index (χ0v) is 20.9. The van der Waals surface area contributed by atoms with Crippen LogP contribution in [-0.2, 0) is 16.3 Å². The lowest BCUT2D eigenvalue weighted by Gasteiger charge is -2.20. The van der Waals surface area contributed by atoms with Gasteiger partial charge in [-0.2, -0.15) is 0 Å². The predicted octanol–water partition coefficient (Wildman–Crippen LogP) is 5.91. The molecule has 7 heteroatoms. The van der Waals surface area contributed by atoms with E-state index in [0.717, 1.165) is 42.8 Å². The molecule has 0 aliphatic carbocycles. The maximum absolute atomic E-state index is 14.9. The molecular formula is C26H33FN2O3S. The first-order chi connectivity index (χ1) is 15.7. The molecule has 2 heterocycles. The van der Waals surface area contributed by atoms with Gasteiger partial charge in [-0.05, 0) is 68.6 Å². The molecule has 0 unspecified atom stereocenters. The molecule has 0 spiro atoms. The van der Waals surface area contributed by atoms with Gasteiger partial charge < -0.3 is 9.32 Å². The summed E-state index contributed by atoms with van der Waals surface area (Å²) in [6, 6.07) is 11.9. The van der Waals surface area contributed by atoms with Crippen LogP contribution in [0.4, 0.5) is 4.39 Å². The molecule has 0 N–H and O–H groups in total. The number of likely N-dealkylation sites (tertiary alicyclic amines) is 1. The van der Waals surface area contributed by atoms with Gasteiger partial charge in [0.05, 0.1) is 16.2 Å². The predicted molar refractivity (Wildman–Crippen MR) is 131 cm³/mol. The molecule has 0 bridgehead atoms. The number of aryl methyl sites for hydroxylation is 1. The third-order valence-electron chi connectivity index (χ3n) is 6.03. The first-order valence-corrected chi connectivity index (χ1v) is 13.4. The quantitative estimate of drug-likeness (QED) is 0.446. The van der Waals surface area contributed by atoms with Gasteiger partial charge in [0.25, 0.3) is 0 Å². The monoisotopic (exact) mass is 472 g/mol. The van der Waals surface area contributed by atoms with Crippen LogP contribution in [0.1, 0.15) is 45.1 Å². The molecular weight excluding hydrogens is 439 g/mol. The summed E-state index contributed by atoms with van der Waals surface area (Å²) in [7, 11) is -3.27. The Morgan fingerprint density at radius 2 is 1.79 bits per heavy atom. The van der Waals surface area contributed by atoms with E-state index in [1.54, 1.807) is 24.3 Å². The molecule has 33 heavy (non-hydrogen) atoms. The van der Waals surface area contributed by atoms with Crippen molar-refractivity contribution in [2.24, 2.45) is 0 Å². The summed E-state index contributed by atoms with van der Waals surface area (Å²) in [4.78, 5) is 7.26. The molecule has 4 rings (SSSR count). The van der Waals surface area contributed by atoms with E-state index in [1.807, 2.05) is 20.8 Å². The second kappa shape index (κ2) is 10.6. The lowest BCUT2D eigenvalue weighted by molar-refractivity contribution is 0.271. The lowest BCUT2D eigenvalue weighted by Crippen LogP contribution is -2.29. The van der Waals surface area contributed by atoms with Crippen LogP contribution in [-0.4, -0.2) is 43.7 Å². The van der Waals surface area contributed by atoms with Crippen LogP contribution in [0.15, 0.2) is 51.8 Å². The highest BCUT2D eigenvalue weighted by molar-refractivity contribution is 7.90. The van der Waals surface area contributed by atoms with E-state index < -0.39 is 15.7 Å². The number of sulfone groups is 1. The highest BCUT2D eigenvalue weighted by Gasteiger charge is 2.21. The fourth-order valence-electron chi connectivity index (χ4n) is 4.11. The van der Waals surface area contributed by atoms with Crippen molar-refractivity contribution in [1.82, 2.24) is 9.88 Å². The summed E-state index contributed by atoms with van der Waals surface area (Å²) in [6.07, 6.45) is 4.41. The number of rotatable bonds is 6. The molecule has 1 aliphatic heterocycles. The van der Waals surface area contributed by atoms with E-state index in [2.05, 4.69) is 16.8 Å². The molecule has 1 saturated heterocycles. The van der Waals surface area contributed by atoms with Gasteiger partial charge in [0.2, 0.25) is 5.89 Å². The minimum Gasteiger partial charge on any atom is -0.441 e. The number of hydrogen-bond acceptors (Lipinski definition) is 5. The van der Waals surface area contributed by atoms with Gasteiger partial charge in [-0.25, -0.2) is 17.8 Å². The van der Waals surface area contributed by atoms with Gasteiger partial charge >= 0.3 is 0 Å². The second-order valence-electron chi connectivity index (χ2n) is 8.29. The largest absolute Gasteiger partial charge is 0.441 e. The summed E-state index contributed by atoms with van der Waals surface area (Å²) < 4.78 is 43.9. The fourth-order valence-corrected chi connectivity index (χ4v) is 4.74. The smallest absolute Gasteiger partial charge is 0.229 e. The maximum atomic E-state index is 14.9. The summed E-state index contributed by atoms with van der Waals surface area (Å²) >= 11 is 0. The average molecular weight is 473 g/mol. The van der Waals surface area contributed by atoms with Gasteiger partial charge in [-0.15, -0.1) is 0 Å². The number of halogens is 1. The third-order valence-corrected chi connectivity index (χ3v) is 7.16. The Morgan fingerprint density at radius 1 is 1.12 bits per heavy atom. The van der Waals surface area contributed by atoms with Gasteiger partial charge in [-0.3, -0.25) is 0 Å². The van der Waals surface area contributed by atoms with Crippen LogP contribution >= 0.6 is 0 Å². The summed E-state index contributed by atoms with van der Waals surface area (Å²) in [5, 5.41) is 0. The topological polar surface area (TPSA) is 63.4 Å². The average Bonchev–Trinajstić information content (AvgIpc) is 3.37. The fraction of sp³-hybridized carbons (Fsp3) is 0.423. The zero-order chi connectivity index (χ0) is 24.2. The molecule has 5 nitrogen and oxygen atoms in total. The van der Waals surface area contributed by atoms with Crippen molar-refractivity contribution in [3.63, 3.8) is 0 Å². The normalized spacial score (nSPS) is 16.5. The van der Waals surface area contributed by atoms with Crippen molar-refractivity contribution in [3.05, 3.63) is 59.7 Å². The molecule has 0 radical (unpaired) electrons. The third kappa shape index (κ3) is 5.89. The van der Waals surface area contributed by atoms with Crippen molar-refractivity contribution < 1.29 is 17.2 Å². The molecule has 1 aliphatic rings. The molecule has 1 aromatic heterocycles. The minimum atomic E-state index is -3.27. The highest BCUT2D eigenvalue weighted by Crippen LogP contribution is 2.30. The first-order valence-electron chi connectivity index (χ1n) is 11.5. The van der Waals surface area contributed by atoms with E-state index in [0.29, 0.717) is 23.1 Å². The Kier molecular flexibility index (Phi) is 8.08. The van der Waals surface area contributed by atoms with Crippen molar-refractivity contribution in [1.29, 1.82) is 0 Å². The van der Waals surface area contributed by atoms with E-state index in [-0.39, 0.29) is 4.90 Å². The molecule has 0 saturated carbocycles. The van der Waals surface area contributed by atoms with Crippen molar-refractivity contribution >= 4 is 9.84 Å². The van der Waals surface area contributed by atoms with E-state index in [4.69, 9.17) is 4.42 Å². The Morgan fingerprint density at radius 3 is 2.36 bits per heavy atom. The summed E-state index contributed by atoms with van der Waals surface area (Å²) in [6.45, 7) is 10.2. The minimum absolute atomic E-state index is 0.236. The van der Waals surface area contributed by atoms with Crippen LogP contribution in [0.5, 0.6) is 0 Å². The van der Waals surface area contributed by atoms with Crippen LogP contribution in [0, 0.1) is 12.7 Å². The number of nitrogens with zero attached hydrogens (tertiary/aromatic N) is 2. The number of oxazole rings is 1. The van der Waals surface area contributed by atoms with E-state index >= 15 is 0 Å². The summed E-state index contributed by atoms with van der Waals surface area (Å²) in [5.41, 5.74) is 2.59. The van der Waals surface area contributed by atoms with Crippen LogP contribution in [0.2, 0.25) is 0 Å². The SMILES string of the molecule is CC.Cc1oc(-c2ccc(-c3ccc(S(C)(=O)=O)cc3)cc2F)nc1CCN1CCC[C@H]1C. The van der Waals surface area contributed by atoms with Crippen molar-refractivity contribution in [3.8, 4) is 22.6 Å². The second-order valence-corrected chi connectivity index (χ2v) is 10.3. The van der Waals surface area contributed by atoms with Gasteiger partial charge in [-0.1, -0.05) is 32.0 Å². The molecule has 1 fully saturated rings. The Labute approximate surface area is 196 Å². The molecule has 178 valence electrons. The maximum Gasteiger partial charge on any atom is 0.229 e. The number of aromatic nitrogens is 1. The van der Waals surface area contributed by atoms with Gasteiger partial charge in [0, 0.05) is 25.3 Å². The van der Waals surface area contributed by atoms with Crippen LogP contribution in [0.25, 0.3) is 22.6 Å². The Bertz CT molecular complexity index is 1190. The summed E-state index contributed by atoms with van der Waals surface area (Å²) in [5.74, 6) is 0.589. The highest BCUT2D eigenvalue weighted by atomic mass is 32.2. The molecule has 3 aromatic rings. The van der Waals surface area contributed by atoms with E-state index in [9.17, 15) is 12.8 Å². The number of benzene rings is 2. The molecule has 1 atom stereocenters. The van der Waals surface area contributed by atoms with Crippen LogP contribution < -0.4 is 0 Å². The Hall–Kier alpha value is -2.51. The van der Waals surface area contributed by atoms with E-state index in [1.165, 1.54) is 31.0 Å². The molecule has 2 aromatic carbocycles. The standard InChI is InChI=1S/C24H27FN2O3S.C2H6/c1-16-5-4-13-27(16)14-12-23-17(2)30-24(26-23)21-11-8-19(15-22(21)25)18-6-9-20(10-7-18)31(3,28)29;1-2/h6-11,15-16H,4-5,12-14H2,1-3H3;1-2H3/t16-;/m1./s1. The first kappa shape index (κ1) is 25.1. The van der Waals surface area contributed by atoms with Crippen molar-refractivity contribution in [2.45, 2.75) is 57.9 Å². The van der Waals surface area contributed by atoms with Crippen LogP contribution in [0.3, 0.4) is 0 Å².